The molecule has 1 aliphatic rings. The number of anilines is 1. The van der Waals surface area contributed by atoms with Crippen LogP contribution >= 0.6 is 0 Å². The molecule has 1 saturated heterocycles. The highest BCUT2D eigenvalue weighted by Gasteiger charge is 2.27. The van der Waals surface area contributed by atoms with Crippen LogP contribution in [0.4, 0.5) is 5.69 Å². The zero-order valence-electron chi connectivity index (χ0n) is 15.3. The van der Waals surface area contributed by atoms with Gasteiger partial charge < -0.3 is 24.5 Å². The van der Waals surface area contributed by atoms with E-state index in [0.29, 0.717) is 6.54 Å². The van der Waals surface area contributed by atoms with Crippen LogP contribution in [-0.2, 0) is 16.9 Å². The van der Waals surface area contributed by atoms with E-state index in [2.05, 4.69) is 34.5 Å². The lowest BCUT2D eigenvalue weighted by atomic mass is 9.96. The van der Waals surface area contributed by atoms with E-state index in [-0.39, 0.29) is 0 Å². The molecule has 25 heavy (non-hydrogen) atoms. The lowest BCUT2D eigenvalue weighted by Crippen LogP contribution is -2.36. The third-order valence-electron chi connectivity index (χ3n) is 4.73. The molecule has 0 radical (unpaired) electrons. The number of furan rings is 1. The molecule has 0 bridgehead atoms. The highest BCUT2D eigenvalue weighted by molar-refractivity contribution is 5.47. The van der Waals surface area contributed by atoms with Crippen LogP contribution in [-0.4, -0.2) is 38.0 Å². The summed E-state index contributed by atoms with van der Waals surface area (Å²) in [6.07, 6.45) is 0. The highest BCUT2D eigenvalue weighted by Crippen LogP contribution is 2.26. The quantitative estimate of drug-likeness (QED) is 0.844. The molecule has 1 aromatic carbocycles. The van der Waals surface area contributed by atoms with Crippen LogP contribution < -0.4 is 10.2 Å². The molecule has 1 aromatic heterocycles. The van der Waals surface area contributed by atoms with Crippen molar-refractivity contribution < 1.29 is 14.3 Å². The van der Waals surface area contributed by atoms with E-state index >= 15 is 0 Å². The molecule has 1 atom stereocenters. The summed E-state index contributed by atoms with van der Waals surface area (Å²) in [4.78, 5) is 2.34. The number of aryl methyl sites for hydroxylation is 2. The molecule has 5 heteroatoms. The van der Waals surface area contributed by atoms with E-state index in [0.717, 1.165) is 49.9 Å². The van der Waals surface area contributed by atoms with Crippen LogP contribution in [0.15, 0.2) is 34.7 Å². The number of nitrogens with zero attached hydrogens (tertiary/aromatic N) is 1. The van der Waals surface area contributed by atoms with Gasteiger partial charge in [-0.2, -0.15) is 0 Å². The third kappa shape index (κ3) is 4.42. The van der Waals surface area contributed by atoms with Crippen molar-refractivity contribution >= 4 is 5.69 Å². The van der Waals surface area contributed by atoms with Gasteiger partial charge in [0, 0.05) is 37.4 Å². The minimum absolute atomic E-state index is 0.470. The summed E-state index contributed by atoms with van der Waals surface area (Å²) in [7, 11) is 0. The summed E-state index contributed by atoms with van der Waals surface area (Å²) in [5.41, 5.74) is 2.34. The first-order valence-electron chi connectivity index (χ1n) is 8.88. The van der Waals surface area contributed by atoms with E-state index in [4.69, 9.17) is 9.15 Å². The third-order valence-corrected chi connectivity index (χ3v) is 4.73. The molecular formula is C20H28N2O3. The molecular weight excluding hydrogens is 316 g/mol. The molecule has 1 unspecified atom stereocenters. The molecule has 0 saturated carbocycles. The average molecular weight is 344 g/mol. The van der Waals surface area contributed by atoms with Gasteiger partial charge in [-0.05, 0) is 44.5 Å². The van der Waals surface area contributed by atoms with E-state index in [1.165, 1.54) is 11.3 Å². The maximum atomic E-state index is 10.7. The van der Waals surface area contributed by atoms with Crippen molar-refractivity contribution in [2.24, 2.45) is 0 Å². The smallest absolute Gasteiger partial charge is 0.107 e. The number of ether oxygens (including phenoxy) is 1. The maximum Gasteiger partial charge on any atom is 0.107 e. The number of rotatable bonds is 6. The Kier molecular flexibility index (Phi) is 5.47. The molecule has 0 amide bonds. The van der Waals surface area contributed by atoms with Crippen molar-refractivity contribution in [2.45, 2.75) is 32.9 Å². The predicted octanol–water partition coefficient (Wildman–Crippen LogP) is 2.73. The van der Waals surface area contributed by atoms with Crippen LogP contribution in [0.25, 0.3) is 0 Å². The van der Waals surface area contributed by atoms with Crippen LogP contribution in [0.1, 0.15) is 29.6 Å². The fraction of sp³-hybridized carbons (Fsp3) is 0.500. The van der Waals surface area contributed by atoms with E-state index in [1.54, 1.807) is 0 Å². The van der Waals surface area contributed by atoms with Crippen molar-refractivity contribution in [3.05, 3.63) is 53.0 Å². The second-order valence-corrected chi connectivity index (χ2v) is 6.97. The Hall–Kier alpha value is -1.82. The van der Waals surface area contributed by atoms with Crippen molar-refractivity contribution in [1.82, 2.24) is 5.32 Å². The SMILES string of the molecule is Cc1cc(C(C)(O)CNCc2ccc(N3CCOCC3)cc2)c(C)o1. The molecule has 3 rings (SSSR count). The Morgan fingerprint density at radius 2 is 1.84 bits per heavy atom. The number of morpholine rings is 1. The van der Waals surface area contributed by atoms with Gasteiger partial charge in [0.1, 0.15) is 17.1 Å². The Labute approximate surface area is 149 Å². The fourth-order valence-electron chi connectivity index (χ4n) is 3.36. The monoisotopic (exact) mass is 344 g/mol. The molecule has 5 nitrogen and oxygen atoms in total. The van der Waals surface area contributed by atoms with E-state index in [1.807, 2.05) is 26.8 Å². The zero-order valence-corrected chi connectivity index (χ0v) is 15.3. The average Bonchev–Trinajstić information content (AvgIpc) is 2.95. The minimum atomic E-state index is -0.949. The first-order valence-corrected chi connectivity index (χ1v) is 8.88. The molecule has 1 aliphatic heterocycles. The number of hydrogen-bond acceptors (Lipinski definition) is 5. The van der Waals surface area contributed by atoms with Crippen molar-refractivity contribution in [3.63, 3.8) is 0 Å². The Morgan fingerprint density at radius 1 is 1.16 bits per heavy atom. The Bertz CT molecular complexity index is 685. The zero-order chi connectivity index (χ0) is 17.9. The van der Waals surface area contributed by atoms with Gasteiger partial charge in [-0.1, -0.05) is 12.1 Å². The van der Waals surface area contributed by atoms with Crippen molar-refractivity contribution in [2.75, 3.05) is 37.7 Å². The number of hydrogen-bond donors (Lipinski definition) is 2. The molecule has 136 valence electrons. The van der Waals surface area contributed by atoms with Crippen LogP contribution in [0.5, 0.6) is 0 Å². The number of benzene rings is 1. The summed E-state index contributed by atoms with van der Waals surface area (Å²) in [5, 5.41) is 14.1. The molecule has 2 N–H and O–H groups in total. The highest BCUT2D eigenvalue weighted by atomic mass is 16.5. The van der Waals surface area contributed by atoms with Crippen LogP contribution in [0.3, 0.4) is 0 Å². The summed E-state index contributed by atoms with van der Waals surface area (Å²) < 4.78 is 10.9. The largest absolute Gasteiger partial charge is 0.466 e. The second-order valence-electron chi connectivity index (χ2n) is 6.97. The van der Waals surface area contributed by atoms with E-state index in [9.17, 15) is 5.11 Å². The van der Waals surface area contributed by atoms with Gasteiger partial charge in [-0.25, -0.2) is 0 Å². The molecule has 2 heterocycles. The summed E-state index contributed by atoms with van der Waals surface area (Å²) in [5.74, 6) is 1.60. The van der Waals surface area contributed by atoms with Gasteiger partial charge in [-0.15, -0.1) is 0 Å². The normalized spacial score (nSPS) is 17.5. The molecule has 2 aromatic rings. The number of aliphatic hydroxyl groups is 1. The van der Waals surface area contributed by atoms with Crippen molar-refractivity contribution in [3.8, 4) is 0 Å². The predicted molar refractivity (Wildman–Crippen MR) is 98.9 cm³/mol. The molecule has 0 spiro atoms. The van der Waals surface area contributed by atoms with Gasteiger partial charge in [0.25, 0.3) is 0 Å². The Balaban J connectivity index is 1.54. The van der Waals surface area contributed by atoms with Gasteiger partial charge in [0.15, 0.2) is 0 Å². The topological polar surface area (TPSA) is 57.9 Å². The van der Waals surface area contributed by atoms with Crippen LogP contribution in [0.2, 0.25) is 0 Å². The molecule has 1 fully saturated rings. The summed E-state index contributed by atoms with van der Waals surface area (Å²) in [6, 6.07) is 10.5. The summed E-state index contributed by atoms with van der Waals surface area (Å²) in [6.45, 7) is 10.3. The summed E-state index contributed by atoms with van der Waals surface area (Å²) >= 11 is 0. The standard InChI is InChI=1S/C20H28N2O3/c1-15-12-19(16(2)25-15)20(3,23)14-21-13-17-4-6-18(7-5-17)22-8-10-24-11-9-22/h4-7,12,21,23H,8-11,13-14H2,1-3H3. The van der Waals surface area contributed by atoms with Gasteiger partial charge in [0.2, 0.25) is 0 Å². The second kappa shape index (κ2) is 7.60. The van der Waals surface area contributed by atoms with Crippen LogP contribution in [0, 0.1) is 13.8 Å². The van der Waals surface area contributed by atoms with Gasteiger partial charge in [0.05, 0.1) is 13.2 Å². The maximum absolute atomic E-state index is 10.7. The first-order chi connectivity index (χ1) is 12.0. The van der Waals surface area contributed by atoms with Crippen molar-refractivity contribution in [1.29, 1.82) is 0 Å². The minimum Gasteiger partial charge on any atom is -0.466 e. The lowest BCUT2D eigenvalue weighted by Gasteiger charge is -2.29. The number of nitrogens with one attached hydrogen (secondary N) is 1. The van der Waals surface area contributed by atoms with Gasteiger partial charge >= 0.3 is 0 Å². The fourth-order valence-corrected chi connectivity index (χ4v) is 3.36. The van der Waals surface area contributed by atoms with Gasteiger partial charge in [-0.3, -0.25) is 0 Å². The lowest BCUT2D eigenvalue weighted by molar-refractivity contribution is 0.0552. The Morgan fingerprint density at radius 3 is 2.44 bits per heavy atom. The first kappa shape index (κ1) is 18.0. The van der Waals surface area contributed by atoms with E-state index < -0.39 is 5.60 Å². The molecule has 0 aliphatic carbocycles.